The van der Waals surface area contributed by atoms with Gasteiger partial charge in [0.05, 0.1) is 6.04 Å². The van der Waals surface area contributed by atoms with Crippen molar-refractivity contribution in [3.05, 3.63) is 71.3 Å². The highest BCUT2D eigenvalue weighted by Crippen LogP contribution is 2.24. The van der Waals surface area contributed by atoms with E-state index >= 15 is 0 Å². The number of carbonyl (C=O) groups is 1. The van der Waals surface area contributed by atoms with E-state index in [0.717, 1.165) is 24.4 Å². The molecule has 0 aromatic heterocycles. The lowest BCUT2D eigenvalue weighted by molar-refractivity contribution is 0.0938. The van der Waals surface area contributed by atoms with Crippen molar-refractivity contribution in [1.29, 1.82) is 0 Å². The first-order valence-corrected chi connectivity index (χ1v) is 10.3. The summed E-state index contributed by atoms with van der Waals surface area (Å²) in [5, 5.41) is 3.16. The van der Waals surface area contributed by atoms with Crippen LogP contribution in [0.5, 0.6) is 0 Å². The van der Waals surface area contributed by atoms with Crippen LogP contribution >= 0.6 is 11.8 Å². The van der Waals surface area contributed by atoms with Crippen molar-refractivity contribution in [3.8, 4) is 0 Å². The monoisotopic (exact) mass is 354 g/mol. The minimum Gasteiger partial charge on any atom is -0.350 e. The normalized spacial score (nSPS) is 15.9. The number of likely N-dealkylation sites (tertiary alicyclic amines) is 1. The highest BCUT2D eigenvalue weighted by molar-refractivity contribution is 7.97. The van der Waals surface area contributed by atoms with Gasteiger partial charge in [0.25, 0.3) is 5.91 Å². The van der Waals surface area contributed by atoms with Gasteiger partial charge in [0.2, 0.25) is 0 Å². The predicted molar refractivity (Wildman–Crippen MR) is 106 cm³/mol. The molecule has 1 saturated heterocycles. The van der Waals surface area contributed by atoms with Crippen molar-refractivity contribution in [2.45, 2.75) is 24.6 Å². The van der Waals surface area contributed by atoms with E-state index in [2.05, 4.69) is 46.8 Å². The second kappa shape index (κ2) is 9.07. The Morgan fingerprint density at radius 1 is 1.12 bits per heavy atom. The van der Waals surface area contributed by atoms with Gasteiger partial charge in [0, 0.05) is 17.9 Å². The van der Waals surface area contributed by atoms with Crippen molar-refractivity contribution in [2.24, 2.45) is 0 Å². The molecule has 1 unspecified atom stereocenters. The zero-order chi connectivity index (χ0) is 17.5. The fourth-order valence-electron chi connectivity index (χ4n) is 3.45. The third kappa shape index (κ3) is 4.86. The molecule has 1 fully saturated rings. The summed E-state index contributed by atoms with van der Waals surface area (Å²) in [5.41, 5.74) is 3.22. The second-order valence-corrected chi connectivity index (χ2v) is 7.38. The minimum absolute atomic E-state index is 0.0167. The van der Waals surface area contributed by atoms with Crippen LogP contribution < -0.4 is 5.32 Å². The fourth-order valence-corrected chi connectivity index (χ4v) is 3.96. The largest absolute Gasteiger partial charge is 0.350 e. The summed E-state index contributed by atoms with van der Waals surface area (Å²) >= 11 is 1.77. The van der Waals surface area contributed by atoms with Gasteiger partial charge in [-0.25, -0.2) is 0 Å². The number of thioether (sulfide) groups is 1. The number of hydrogen-bond acceptors (Lipinski definition) is 3. The van der Waals surface area contributed by atoms with Crippen LogP contribution in [-0.4, -0.2) is 36.7 Å². The summed E-state index contributed by atoms with van der Waals surface area (Å²) in [5.74, 6) is 0.949. The molecule has 3 rings (SSSR count). The average Bonchev–Trinajstić information content (AvgIpc) is 3.18. The average molecular weight is 355 g/mol. The minimum atomic E-state index is 0.0167. The summed E-state index contributed by atoms with van der Waals surface area (Å²) < 4.78 is 0. The molecule has 4 heteroatoms. The Labute approximate surface area is 154 Å². The summed E-state index contributed by atoms with van der Waals surface area (Å²) in [6.45, 7) is 2.87. The number of amides is 1. The molecule has 1 heterocycles. The fraction of sp³-hybridized carbons (Fsp3) is 0.381. The number of hydrogen-bond donors (Lipinski definition) is 1. The Balaban J connectivity index is 1.68. The van der Waals surface area contributed by atoms with Gasteiger partial charge in [-0.05, 0) is 55.4 Å². The molecule has 1 atom stereocenters. The van der Waals surface area contributed by atoms with Gasteiger partial charge in [-0.2, -0.15) is 11.8 Å². The van der Waals surface area contributed by atoms with Gasteiger partial charge in [0.1, 0.15) is 0 Å². The highest BCUT2D eigenvalue weighted by Gasteiger charge is 2.23. The van der Waals surface area contributed by atoms with Crippen LogP contribution in [0, 0.1) is 0 Å². The highest BCUT2D eigenvalue weighted by atomic mass is 32.2. The molecule has 0 saturated carbocycles. The maximum absolute atomic E-state index is 12.6. The van der Waals surface area contributed by atoms with E-state index in [4.69, 9.17) is 0 Å². The van der Waals surface area contributed by atoms with Crippen LogP contribution in [0.25, 0.3) is 0 Å². The summed E-state index contributed by atoms with van der Waals surface area (Å²) in [6.07, 6.45) is 4.56. The van der Waals surface area contributed by atoms with Crippen LogP contribution in [0.3, 0.4) is 0 Å². The Morgan fingerprint density at radius 2 is 1.88 bits per heavy atom. The van der Waals surface area contributed by atoms with Crippen LogP contribution in [-0.2, 0) is 5.75 Å². The number of benzene rings is 2. The van der Waals surface area contributed by atoms with E-state index in [1.54, 1.807) is 11.8 Å². The first kappa shape index (κ1) is 18.0. The first-order valence-electron chi connectivity index (χ1n) is 8.93. The predicted octanol–water partition coefficient (Wildman–Crippen LogP) is 4.12. The number of carbonyl (C=O) groups excluding carboxylic acids is 1. The van der Waals surface area contributed by atoms with E-state index in [-0.39, 0.29) is 11.9 Å². The summed E-state index contributed by atoms with van der Waals surface area (Å²) in [6, 6.07) is 18.7. The Bertz CT molecular complexity index is 683. The molecular weight excluding hydrogens is 328 g/mol. The molecule has 2 aromatic rings. The molecule has 1 aliphatic heterocycles. The topological polar surface area (TPSA) is 32.3 Å². The molecule has 1 amide bonds. The van der Waals surface area contributed by atoms with E-state index in [1.165, 1.54) is 24.0 Å². The Hall–Kier alpha value is -1.78. The van der Waals surface area contributed by atoms with E-state index < -0.39 is 0 Å². The van der Waals surface area contributed by atoms with Crippen LogP contribution in [0.15, 0.2) is 54.6 Å². The van der Waals surface area contributed by atoms with Crippen molar-refractivity contribution in [3.63, 3.8) is 0 Å². The molecule has 0 aliphatic carbocycles. The molecule has 0 spiro atoms. The van der Waals surface area contributed by atoms with Crippen molar-refractivity contribution >= 4 is 17.7 Å². The maximum atomic E-state index is 12.6. The summed E-state index contributed by atoms with van der Waals surface area (Å²) in [4.78, 5) is 15.1. The molecule has 3 nitrogen and oxygen atoms in total. The lowest BCUT2D eigenvalue weighted by Gasteiger charge is -2.28. The van der Waals surface area contributed by atoms with Crippen LogP contribution in [0.2, 0.25) is 0 Å². The Kier molecular flexibility index (Phi) is 6.54. The van der Waals surface area contributed by atoms with Gasteiger partial charge in [0.15, 0.2) is 0 Å². The van der Waals surface area contributed by atoms with Gasteiger partial charge >= 0.3 is 0 Å². The SMILES string of the molecule is CSCc1cccc(C(=O)NCC(c2ccccc2)N2CCCC2)c1. The van der Waals surface area contributed by atoms with E-state index in [1.807, 2.05) is 24.3 Å². The smallest absolute Gasteiger partial charge is 0.251 e. The van der Waals surface area contributed by atoms with Crippen LogP contribution in [0.4, 0.5) is 0 Å². The van der Waals surface area contributed by atoms with Gasteiger partial charge < -0.3 is 5.32 Å². The third-order valence-corrected chi connectivity index (χ3v) is 5.34. The lowest BCUT2D eigenvalue weighted by Crippen LogP contribution is -2.36. The molecular formula is C21H26N2OS. The molecule has 1 N–H and O–H groups in total. The van der Waals surface area contributed by atoms with Gasteiger partial charge in [-0.3, -0.25) is 9.69 Å². The molecule has 2 aromatic carbocycles. The number of rotatable bonds is 7. The molecule has 25 heavy (non-hydrogen) atoms. The number of nitrogens with zero attached hydrogens (tertiary/aromatic N) is 1. The van der Waals surface area contributed by atoms with Gasteiger partial charge in [-0.1, -0.05) is 42.5 Å². The van der Waals surface area contributed by atoms with E-state index in [0.29, 0.717) is 6.54 Å². The van der Waals surface area contributed by atoms with Crippen molar-refractivity contribution in [2.75, 3.05) is 25.9 Å². The second-order valence-electron chi connectivity index (χ2n) is 6.51. The zero-order valence-electron chi connectivity index (χ0n) is 14.8. The standard InChI is InChI=1S/C21H26N2OS/c1-25-16-17-8-7-11-19(14-17)21(24)22-15-20(23-12-5-6-13-23)18-9-3-2-4-10-18/h2-4,7-11,14,20H,5-6,12-13,15-16H2,1H3,(H,22,24). The number of nitrogens with one attached hydrogen (secondary N) is 1. The quantitative estimate of drug-likeness (QED) is 0.812. The maximum Gasteiger partial charge on any atom is 0.251 e. The molecule has 0 radical (unpaired) electrons. The van der Waals surface area contributed by atoms with Crippen molar-refractivity contribution < 1.29 is 4.79 Å². The lowest BCUT2D eigenvalue weighted by atomic mass is 10.1. The van der Waals surface area contributed by atoms with Crippen molar-refractivity contribution in [1.82, 2.24) is 10.2 Å². The first-order chi connectivity index (χ1) is 12.3. The third-order valence-electron chi connectivity index (χ3n) is 4.72. The van der Waals surface area contributed by atoms with Gasteiger partial charge in [-0.15, -0.1) is 0 Å². The zero-order valence-corrected chi connectivity index (χ0v) is 15.6. The van der Waals surface area contributed by atoms with E-state index in [9.17, 15) is 4.79 Å². The van der Waals surface area contributed by atoms with Crippen LogP contribution in [0.1, 0.15) is 40.4 Å². The molecule has 132 valence electrons. The molecule has 0 bridgehead atoms. The summed E-state index contributed by atoms with van der Waals surface area (Å²) in [7, 11) is 0. The Morgan fingerprint density at radius 3 is 2.60 bits per heavy atom. The molecule has 1 aliphatic rings.